The lowest BCUT2D eigenvalue weighted by molar-refractivity contribution is 0.490. The number of hydrogen-bond acceptors (Lipinski definition) is 3. The summed E-state index contributed by atoms with van der Waals surface area (Å²) in [6.07, 6.45) is 1.67. The lowest BCUT2D eigenvalue weighted by Crippen LogP contribution is -2.07. The third kappa shape index (κ3) is 2.19. The van der Waals surface area contributed by atoms with Crippen molar-refractivity contribution in [3.63, 3.8) is 0 Å². The van der Waals surface area contributed by atoms with Crippen LogP contribution >= 0.6 is 0 Å². The van der Waals surface area contributed by atoms with Gasteiger partial charge < -0.3 is 15.5 Å². The number of hydrogen-bond donors (Lipinski definition) is 2. The largest absolute Gasteiger partial charge is 0.467 e. The fourth-order valence-electron chi connectivity index (χ4n) is 1.66. The molecule has 84 valence electrons. The van der Waals surface area contributed by atoms with Crippen LogP contribution in [0, 0.1) is 6.92 Å². The van der Waals surface area contributed by atoms with Crippen molar-refractivity contribution in [1.82, 2.24) is 0 Å². The molecule has 3 heteroatoms. The molecular weight excluding hydrogens is 200 g/mol. The molecule has 0 radical (unpaired) electrons. The highest BCUT2D eigenvalue weighted by atomic mass is 16.3. The molecule has 3 N–H and O–H groups in total. The molecule has 0 bridgehead atoms. The first-order valence-corrected chi connectivity index (χ1v) is 5.33. The fourth-order valence-corrected chi connectivity index (χ4v) is 1.66. The van der Waals surface area contributed by atoms with Gasteiger partial charge in [0.25, 0.3) is 0 Å². The van der Waals surface area contributed by atoms with Crippen LogP contribution in [0.2, 0.25) is 0 Å². The molecule has 1 atom stereocenters. The SMILES string of the molecule is Cc1ccc(NC(C)c2ccco2)c(N)c1. The monoisotopic (exact) mass is 216 g/mol. The Labute approximate surface area is 95.3 Å². The van der Waals surface area contributed by atoms with E-state index in [4.69, 9.17) is 10.2 Å². The Hall–Kier alpha value is -1.90. The summed E-state index contributed by atoms with van der Waals surface area (Å²) in [6.45, 7) is 4.06. The van der Waals surface area contributed by atoms with Gasteiger partial charge in [-0.25, -0.2) is 0 Å². The van der Waals surface area contributed by atoms with Crippen LogP contribution in [0.3, 0.4) is 0 Å². The Kier molecular flexibility index (Phi) is 2.86. The maximum Gasteiger partial charge on any atom is 0.125 e. The van der Waals surface area contributed by atoms with Gasteiger partial charge in [0.2, 0.25) is 0 Å². The van der Waals surface area contributed by atoms with E-state index >= 15 is 0 Å². The van der Waals surface area contributed by atoms with Crippen molar-refractivity contribution in [2.45, 2.75) is 19.9 Å². The molecule has 1 aromatic carbocycles. The molecule has 1 heterocycles. The van der Waals surface area contributed by atoms with Gasteiger partial charge in [0.15, 0.2) is 0 Å². The Balaban J connectivity index is 2.15. The van der Waals surface area contributed by atoms with Crippen LogP contribution in [0.1, 0.15) is 24.3 Å². The quantitative estimate of drug-likeness (QED) is 0.773. The third-order valence-electron chi connectivity index (χ3n) is 2.55. The maximum atomic E-state index is 5.93. The summed E-state index contributed by atoms with van der Waals surface area (Å²) in [4.78, 5) is 0. The van der Waals surface area contributed by atoms with Gasteiger partial charge in [0.05, 0.1) is 23.7 Å². The van der Waals surface area contributed by atoms with Gasteiger partial charge in [-0.2, -0.15) is 0 Å². The van der Waals surface area contributed by atoms with Crippen LogP contribution in [0.15, 0.2) is 41.0 Å². The number of aryl methyl sites for hydroxylation is 1. The van der Waals surface area contributed by atoms with Gasteiger partial charge in [-0.15, -0.1) is 0 Å². The number of benzene rings is 1. The predicted molar refractivity (Wildman–Crippen MR) is 66.3 cm³/mol. The van der Waals surface area contributed by atoms with Crippen LogP contribution in [0.5, 0.6) is 0 Å². The van der Waals surface area contributed by atoms with E-state index in [-0.39, 0.29) is 6.04 Å². The molecule has 0 aliphatic rings. The van der Waals surface area contributed by atoms with Gasteiger partial charge in [-0.05, 0) is 43.7 Å². The zero-order chi connectivity index (χ0) is 11.5. The number of nitrogens with one attached hydrogen (secondary N) is 1. The minimum atomic E-state index is 0.111. The summed E-state index contributed by atoms with van der Waals surface area (Å²) in [5, 5.41) is 3.32. The third-order valence-corrected chi connectivity index (χ3v) is 2.55. The predicted octanol–water partition coefficient (Wildman–Crippen LogP) is 3.34. The Morgan fingerprint density at radius 1 is 1.31 bits per heavy atom. The smallest absolute Gasteiger partial charge is 0.125 e. The highest BCUT2D eigenvalue weighted by Gasteiger charge is 2.09. The van der Waals surface area contributed by atoms with E-state index in [1.54, 1.807) is 6.26 Å². The van der Waals surface area contributed by atoms with Gasteiger partial charge in [-0.3, -0.25) is 0 Å². The van der Waals surface area contributed by atoms with E-state index in [2.05, 4.69) is 5.32 Å². The van der Waals surface area contributed by atoms with Crippen molar-refractivity contribution < 1.29 is 4.42 Å². The van der Waals surface area contributed by atoms with Crippen LogP contribution in [-0.4, -0.2) is 0 Å². The minimum Gasteiger partial charge on any atom is -0.467 e. The van der Waals surface area contributed by atoms with Crippen LogP contribution < -0.4 is 11.1 Å². The number of anilines is 2. The average Bonchev–Trinajstić information content (AvgIpc) is 2.75. The van der Waals surface area contributed by atoms with Crippen molar-refractivity contribution in [3.05, 3.63) is 47.9 Å². The molecule has 2 rings (SSSR count). The van der Waals surface area contributed by atoms with E-state index in [0.29, 0.717) is 0 Å². The summed E-state index contributed by atoms with van der Waals surface area (Å²) < 4.78 is 5.33. The van der Waals surface area contributed by atoms with Crippen LogP contribution in [0.25, 0.3) is 0 Å². The number of nitrogen functional groups attached to an aromatic ring is 1. The first kappa shape index (κ1) is 10.6. The van der Waals surface area contributed by atoms with Gasteiger partial charge in [-0.1, -0.05) is 6.07 Å². The lowest BCUT2D eigenvalue weighted by Gasteiger charge is -2.15. The van der Waals surface area contributed by atoms with Crippen LogP contribution in [-0.2, 0) is 0 Å². The minimum absolute atomic E-state index is 0.111. The van der Waals surface area contributed by atoms with Crippen molar-refractivity contribution in [2.24, 2.45) is 0 Å². The van der Waals surface area contributed by atoms with Crippen LogP contribution in [0.4, 0.5) is 11.4 Å². The Bertz CT molecular complexity index is 463. The number of nitrogens with two attached hydrogens (primary N) is 1. The van der Waals surface area contributed by atoms with E-state index in [0.717, 1.165) is 22.7 Å². The Morgan fingerprint density at radius 3 is 2.75 bits per heavy atom. The summed E-state index contributed by atoms with van der Waals surface area (Å²) in [5.74, 6) is 0.903. The zero-order valence-electron chi connectivity index (χ0n) is 9.53. The van der Waals surface area contributed by atoms with Gasteiger partial charge in [0, 0.05) is 0 Å². The van der Waals surface area contributed by atoms with E-state index < -0.39 is 0 Å². The van der Waals surface area contributed by atoms with E-state index in [9.17, 15) is 0 Å². The molecule has 0 fully saturated rings. The highest BCUT2D eigenvalue weighted by molar-refractivity contribution is 5.67. The molecule has 0 amide bonds. The number of furan rings is 1. The summed E-state index contributed by atoms with van der Waals surface area (Å²) in [6, 6.07) is 9.92. The summed E-state index contributed by atoms with van der Waals surface area (Å²) in [5.41, 5.74) is 8.79. The molecular formula is C13H16N2O. The second-order valence-electron chi connectivity index (χ2n) is 3.97. The highest BCUT2D eigenvalue weighted by Crippen LogP contribution is 2.25. The maximum absolute atomic E-state index is 5.93. The molecule has 0 aliphatic carbocycles. The molecule has 0 saturated heterocycles. The van der Waals surface area contributed by atoms with Gasteiger partial charge >= 0.3 is 0 Å². The first-order chi connectivity index (χ1) is 7.66. The molecule has 0 saturated carbocycles. The normalized spacial score (nSPS) is 12.4. The summed E-state index contributed by atoms with van der Waals surface area (Å²) in [7, 11) is 0. The van der Waals surface area contributed by atoms with E-state index in [1.165, 1.54) is 0 Å². The topological polar surface area (TPSA) is 51.2 Å². The second-order valence-corrected chi connectivity index (χ2v) is 3.97. The molecule has 1 aromatic heterocycles. The fraction of sp³-hybridized carbons (Fsp3) is 0.231. The standard InChI is InChI=1S/C13H16N2O/c1-9-5-6-12(11(14)8-9)15-10(2)13-4-3-7-16-13/h3-8,10,15H,14H2,1-2H3. The summed E-state index contributed by atoms with van der Waals surface area (Å²) >= 11 is 0. The Morgan fingerprint density at radius 2 is 2.12 bits per heavy atom. The lowest BCUT2D eigenvalue weighted by atomic mass is 10.1. The van der Waals surface area contributed by atoms with Gasteiger partial charge in [0.1, 0.15) is 5.76 Å². The average molecular weight is 216 g/mol. The molecule has 1 unspecified atom stereocenters. The first-order valence-electron chi connectivity index (χ1n) is 5.33. The van der Waals surface area contributed by atoms with Crippen molar-refractivity contribution in [1.29, 1.82) is 0 Å². The molecule has 0 aliphatic heterocycles. The van der Waals surface area contributed by atoms with Crippen molar-refractivity contribution in [3.8, 4) is 0 Å². The molecule has 0 spiro atoms. The zero-order valence-corrected chi connectivity index (χ0v) is 9.53. The molecule has 16 heavy (non-hydrogen) atoms. The van der Waals surface area contributed by atoms with E-state index in [1.807, 2.05) is 44.2 Å². The molecule has 2 aromatic rings. The van der Waals surface area contributed by atoms with Crippen molar-refractivity contribution in [2.75, 3.05) is 11.1 Å². The second kappa shape index (κ2) is 4.31. The van der Waals surface area contributed by atoms with Crippen molar-refractivity contribution >= 4 is 11.4 Å². The number of rotatable bonds is 3. The molecule has 3 nitrogen and oxygen atoms in total.